The van der Waals surface area contributed by atoms with Gasteiger partial charge in [-0.1, -0.05) is 11.6 Å². The summed E-state index contributed by atoms with van der Waals surface area (Å²) in [4.78, 5) is 9.23. The number of benzene rings is 1. The third-order valence-electron chi connectivity index (χ3n) is 3.71. The predicted octanol–water partition coefficient (Wildman–Crippen LogP) is 4.16. The van der Waals surface area contributed by atoms with E-state index >= 15 is 0 Å². The van der Waals surface area contributed by atoms with Crippen molar-refractivity contribution < 1.29 is 0 Å². The lowest BCUT2D eigenvalue weighted by atomic mass is 9.92. The van der Waals surface area contributed by atoms with Crippen molar-refractivity contribution >= 4 is 27.5 Å². The molecule has 5 heteroatoms. The first-order chi connectivity index (χ1) is 9.69. The molecule has 2 aromatic rings. The van der Waals surface area contributed by atoms with Crippen LogP contribution in [-0.2, 0) is 6.42 Å². The van der Waals surface area contributed by atoms with Crippen molar-refractivity contribution in [3.8, 4) is 11.4 Å². The first-order valence-electron chi connectivity index (χ1n) is 6.67. The smallest absolute Gasteiger partial charge is 0.159 e. The molecule has 0 fully saturated rings. The van der Waals surface area contributed by atoms with E-state index in [4.69, 9.17) is 16.6 Å². The molecule has 0 saturated carbocycles. The van der Waals surface area contributed by atoms with Crippen LogP contribution in [0, 0.1) is 0 Å². The number of fused-ring (bicyclic) bond motifs is 1. The summed E-state index contributed by atoms with van der Waals surface area (Å²) < 4.78 is 0.885. The number of aromatic nitrogens is 2. The molecule has 1 unspecified atom stereocenters. The second-order valence-electron chi connectivity index (χ2n) is 4.96. The van der Waals surface area contributed by atoms with Gasteiger partial charge >= 0.3 is 0 Å². The highest BCUT2D eigenvalue weighted by Crippen LogP contribution is 2.31. The second kappa shape index (κ2) is 5.80. The van der Waals surface area contributed by atoms with Crippen LogP contribution in [0.25, 0.3) is 11.4 Å². The van der Waals surface area contributed by atoms with Gasteiger partial charge < -0.3 is 5.32 Å². The number of halogens is 2. The third kappa shape index (κ3) is 2.60. The molecule has 1 atom stereocenters. The number of hydrogen-bond acceptors (Lipinski definition) is 3. The first kappa shape index (κ1) is 14.0. The molecular formula is C15H15BrClN3. The van der Waals surface area contributed by atoms with Crippen LogP contribution in [0.3, 0.4) is 0 Å². The number of nitrogens with zero attached hydrogens (tertiary/aromatic N) is 2. The molecule has 0 aliphatic heterocycles. The zero-order valence-corrected chi connectivity index (χ0v) is 13.5. The number of rotatable bonds is 2. The second-order valence-corrected chi connectivity index (χ2v) is 6.22. The van der Waals surface area contributed by atoms with E-state index in [1.54, 1.807) is 0 Å². The van der Waals surface area contributed by atoms with Gasteiger partial charge in [0.25, 0.3) is 0 Å². The molecule has 1 N–H and O–H groups in total. The fourth-order valence-electron chi connectivity index (χ4n) is 2.62. The van der Waals surface area contributed by atoms with Gasteiger partial charge in [0.05, 0.1) is 5.02 Å². The summed E-state index contributed by atoms with van der Waals surface area (Å²) in [5.74, 6) is 0.745. The SMILES string of the molecule is CNC1CCCc2nc(-c3ccc(Br)c(Cl)c3)ncc21. The molecule has 0 bridgehead atoms. The maximum absolute atomic E-state index is 6.14. The average molecular weight is 353 g/mol. The van der Waals surface area contributed by atoms with Crippen LogP contribution >= 0.6 is 27.5 Å². The molecule has 1 aromatic heterocycles. The Morgan fingerprint density at radius 2 is 2.25 bits per heavy atom. The minimum Gasteiger partial charge on any atom is -0.313 e. The highest BCUT2D eigenvalue weighted by atomic mass is 79.9. The fourth-order valence-corrected chi connectivity index (χ4v) is 3.05. The predicted molar refractivity (Wildman–Crippen MR) is 84.9 cm³/mol. The van der Waals surface area contributed by atoms with Crippen molar-refractivity contribution in [3.63, 3.8) is 0 Å². The molecule has 0 amide bonds. The minimum atomic E-state index is 0.376. The van der Waals surface area contributed by atoms with E-state index < -0.39 is 0 Å². The molecule has 1 aliphatic rings. The molecule has 0 saturated heterocycles. The molecule has 3 rings (SSSR count). The van der Waals surface area contributed by atoms with Gasteiger partial charge in [-0.2, -0.15) is 0 Å². The van der Waals surface area contributed by atoms with Gasteiger partial charge in [0, 0.05) is 33.5 Å². The highest BCUT2D eigenvalue weighted by molar-refractivity contribution is 9.10. The van der Waals surface area contributed by atoms with Crippen LogP contribution in [0.2, 0.25) is 5.02 Å². The quantitative estimate of drug-likeness (QED) is 0.882. The van der Waals surface area contributed by atoms with Crippen molar-refractivity contribution in [2.75, 3.05) is 7.05 Å². The van der Waals surface area contributed by atoms with Gasteiger partial charge in [0.2, 0.25) is 0 Å². The summed E-state index contributed by atoms with van der Waals surface area (Å²) in [6, 6.07) is 6.18. The Labute approximate surface area is 131 Å². The summed E-state index contributed by atoms with van der Waals surface area (Å²) in [6.07, 6.45) is 5.29. The van der Waals surface area contributed by atoms with Crippen LogP contribution in [0.4, 0.5) is 0 Å². The summed E-state index contributed by atoms with van der Waals surface area (Å²) in [6.45, 7) is 0. The molecule has 104 valence electrons. The average Bonchev–Trinajstić information content (AvgIpc) is 2.48. The van der Waals surface area contributed by atoms with E-state index in [2.05, 4.69) is 26.2 Å². The summed E-state index contributed by atoms with van der Waals surface area (Å²) in [7, 11) is 1.99. The van der Waals surface area contributed by atoms with E-state index in [1.165, 1.54) is 5.56 Å². The van der Waals surface area contributed by atoms with Crippen LogP contribution < -0.4 is 5.32 Å². The van der Waals surface area contributed by atoms with Crippen molar-refractivity contribution in [1.29, 1.82) is 0 Å². The molecule has 1 aromatic carbocycles. The van der Waals surface area contributed by atoms with E-state index in [9.17, 15) is 0 Å². The molecule has 0 radical (unpaired) electrons. The van der Waals surface area contributed by atoms with Crippen molar-refractivity contribution in [3.05, 3.63) is 45.1 Å². The lowest BCUT2D eigenvalue weighted by Gasteiger charge is -2.24. The lowest BCUT2D eigenvalue weighted by molar-refractivity contribution is 0.488. The van der Waals surface area contributed by atoms with Crippen LogP contribution in [0.15, 0.2) is 28.9 Å². The Bertz CT molecular complexity index is 645. The monoisotopic (exact) mass is 351 g/mol. The van der Waals surface area contributed by atoms with Gasteiger partial charge in [-0.25, -0.2) is 9.97 Å². The first-order valence-corrected chi connectivity index (χ1v) is 7.84. The number of hydrogen-bond donors (Lipinski definition) is 1. The third-order valence-corrected chi connectivity index (χ3v) is 4.94. The van der Waals surface area contributed by atoms with Crippen LogP contribution in [-0.4, -0.2) is 17.0 Å². The van der Waals surface area contributed by atoms with Crippen LogP contribution in [0.5, 0.6) is 0 Å². The van der Waals surface area contributed by atoms with E-state index in [-0.39, 0.29) is 0 Å². The topological polar surface area (TPSA) is 37.8 Å². The summed E-state index contributed by atoms with van der Waals surface area (Å²) >= 11 is 9.54. The lowest BCUT2D eigenvalue weighted by Crippen LogP contribution is -2.22. The molecule has 0 spiro atoms. The molecular weight excluding hydrogens is 338 g/mol. The van der Waals surface area contributed by atoms with E-state index in [0.717, 1.165) is 40.8 Å². The van der Waals surface area contributed by atoms with Gasteiger partial charge in [0.15, 0.2) is 5.82 Å². The Kier molecular flexibility index (Phi) is 4.06. The van der Waals surface area contributed by atoms with E-state index in [0.29, 0.717) is 11.1 Å². The Morgan fingerprint density at radius 1 is 1.40 bits per heavy atom. The molecule has 20 heavy (non-hydrogen) atoms. The van der Waals surface area contributed by atoms with E-state index in [1.807, 2.05) is 31.4 Å². The van der Waals surface area contributed by atoms with Gasteiger partial charge in [-0.15, -0.1) is 0 Å². The highest BCUT2D eigenvalue weighted by Gasteiger charge is 2.21. The van der Waals surface area contributed by atoms with Crippen molar-refractivity contribution in [2.45, 2.75) is 25.3 Å². The van der Waals surface area contributed by atoms with Crippen molar-refractivity contribution in [1.82, 2.24) is 15.3 Å². The zero-order valence-electron chi connectivity index (χ0n) is 11.2. The molecule has 1 aliphatic carbocycles. The Balaban J connectivity index is 2.01. The minimum absolute atomic E-state index is 0.376. The fraction of sp³-hybridized carbons (Fsp3) is 0.333. The maximum Gasteiger partial charge on any atom is 0.159 e. The zero-order chi connectivity index (χ0) is 14.1. The summed E-state index contributed by atoms with van der Waals surface area (Å²) in [5, 5.41) is 4.01. The van der Waals surface area contributed by atoms with Crippen LogP contribution in [0.1, 0.15) is 30.1 Å². The van der Waals surface area contributed by atoms with Gasteiger partial charge in [-0.05, 0) is 60.4 Å². The van der Waals surface area contributed by atoms with Gasteiger partial charge in [0.1, 0.15) is 0 Å². The summed E-state index contributed by atoms with van der Waals surface area (Å²) in [5.41, 5.74) is 3.33. The normalized spacial score (nSPS) is 17.9. The molecule has 3 nitrogen and oxygen atoms in total. The molecule has 1 heterocycles. The largest absolute Gasteiger partial charge is 0.313 e. The number of nitrogens with one attached hydrogen (secondary N) is 1. The standard InChI is InChI=1S/C15H15BrClN3/c1-18-13-3-2-4-14-10(13)8-19-15(20-14)9-5-6-11(16)12(17)7-9/h5-8,13,18H,2-4H2,1H3. The number of aryl methyl sites for hydroxylation is 1. The maximum atomic E-state index is 6.14. The Hall–Kier alpha value is -0.970. The van der Waals surface area contributed by atoms with Crippen molar-refractivity contribution in [2.24, 2.45) is 0 Å². The van der Waals surface area contributed by atoms with Gasteiger partial charge in [-0.3, -0.25) is 0 Å². The Morgan fingerprint density at radius 3 is 3.00 bits per heavy atom.